The van der Waals surface area contributed by atoms with E-state index in [0.717, 1.165) is 5.56 Å². The Morgan fingerprint density at radius 2 is 1.73 bits per heavy atom. The second kappa shape index (κ2) is 9.58. The lowest BCUT2D eigenvalue weighted by Crippen LogP contribution is -2.35. The lowest BCUT2D eigenvalue weighted by Gasteiger charge is -2.08. The minimum atomic E-state index is -0.454. The van der Waals surface area contributed by atoms with Crippen LogP contribution in [0.3, 0.4) is 0 Å². The fourth-order valence-corrected chi connectivity index (χ4v) is 2.45. The van der Waals surface area contributed by atoms with E-state index in [0.29, 0.717) is 22.9 Å². The Hall–Kier alpha value is -2.86. The molecule has 2 amide bonds. The molecule has 6 nitrogen and oxygen atoms in total. The van der Waals surface area contributed by atoms with Crippen LogP contribution in [0.15, 0.2) is 48.5 Å². The van der Waals surface area contributed by atoms with Gasteiger partial charge in [-0.3, -0.25) is 14.4 Å². The lowest BCUT2D eigenvalue weighted by atomic mass is 10.1. The third-order valence-corrected chi connectivity index (χ3v) is 3.58. The van der Waals surface area contributed by atoms with Gasteiger partial charge in [0.1, 0.15) is 5.75 Å². The van der Waals surface area contributed by atoms with E-state index in [2.05, 4.69) is 10.6 Å². The molecule has 26 heavy (non-hydrogen) atoms. The van der Waals surface area contributed by atoms with Crippen molar-refractivity contribution in [3.63, 3.8) is 0 Å². The lowest BCUT2D eigenvalue weighted by molar-refractivity contribution is -0.131. The van der Waals surface area contributed by atoms with Crippen LogP contribution in [-0.2, 0) is 16.0 Å². The number of amides is 2. The van der Waals surface area contributed by atoms with Crippen LogP contribution in [0.5, 0.6) is 5.75 Å². The number of benzene rings is 2. The summed E-state index contributed by atoms with van der Waals surface area (Å²) in [5, 5.41) is 6.00. The van der Waals surface area contributed by atoms with Gasteiger partial charge in [0.05, 0.1) is 6.42 Å². The van der Waals surface area contributed by atoms with Crippen LogP contribution in [0.25, 0.3) is 0 Å². The van der Waals surface area contributed by atoms with Gasteiger partial charge in [-0.15, -0.1) is 0 Å². The Labute approximate surface area is 156 Å². The SMILES string of the molecule is CC(=O)Oc1cccc(C(=O)NCCNC(=O)Cc2cccc(Cl)c2)c1. The third kappa shape index (κ3) is 6.57. The molecule has 0 radical (unpaired) electrons. The predicted molar refractivity (Wildman–Crippen MR) is 98.2 cm³/mol. The number of hydrogen-bond acceptors (Lipinski definition) is 4. The summed E-state index contributed by atoms with van der Waals surface area (Å²) in [6, 6.07) is 13.4. The monoisotopic (exact) mass is 374 g/mol. The van der Waals surface area contributed by atoms with E-state index in [4.69, 9.17) is 16.3 Å². The maximum absolute atomic E-state index is 12.1. The van der Waals surface area contributed by atoms with Crippen molar-refractivity contribution in [3.8, 4) is 5.75 Å². The van der Waals surface area contributed by atoms with Gasteiger partial charge in [-0.05, 0) is 35.9 Å². The summed E-state index contributed by atoms with van der Waals surface area (Å²) in [7, 11) is 0. The first kappa shape index (κ1) is 19.5. The normalized spacial score (nSPS) is 10.1. The van der Waals surface area contributed by atoms with Crippen molar-refractivity contribution < 1.29 is 19.1 Å². The van der Waals surface area contributed by atoms with Crippen molar-refractivity contribution in [2.24, 2.45) is 0 Å². The molecule has 0 aromatic heterocycles. The van der Waals surface area contributed by atoms with Gasteiger partial charge in [-0.25, -0.2) is 0 Å². The number of esters is 1. The molecule has 0 aliphatic carbocycles. The molecule has 0 atom stereocenters. The molecule has 0 saturated carbocycles. The number of nitrogens with one attached hydrogen (secondary N) is 2. The van der Waals surface area contributed by atoms with E-state index in [1.807, 2.05) is 6.07 Å². The Morgan fingerprint density at radius 3 is 2.46 bits per heavy atom. The molecule has 0 bridgehead atoms. The van der Waals surface area contributed by atoms with Crippen molar-refractivity contribution in [2.45, 2.75) is 13.3 Å². The van der Waals surface area contributed by atoms with Crippen LogP contribution in [0.4, 0.5) is 0 Å². The summed E-state index contributed by atoms with van der Waals surface area (Å²) in [6.07, 6.45) is 0.221. The number of ether oxygens (including phenoxy) is 1. The fraction of sp³-hybridized carbons (Fsp3) is 0.211. The van der Waals surface area contributed by atoms with Crippen molar-refractivity contribution >= 4 is 29.4 Å². The average Bonchev–Trinajstić information content (AvgIpc) is 2.58. The van der Waals surface area contributed by atoms with Crippen molar-refractivity contribution in [2.75, 3.05) is 13.1 Å². The number of carbonyl (C=O) groups excluding carboxylic acids is 3. The second-order valence-corrected chi connectivity index (χ2v) is 5.97. The molecule has 0 saturated heterocycles. The fourth-order valence-electron chi connectivity index (χ4n) is 2.24. The summed E-state index contributed by atoms with van der Waals surface area (Å²) in [5.41, 5.74) is 1.19. The van der Waals surface area contributed by atoms with Gasteiger partial charge in [0, 0.05) is 30.6 Å². The van der Waals surface area contributed by atoms with E-state index in [1.54, 1.807) is 36.4 Å². The molecule has 136 valence electrons. The number of halogens is 1. The van der Waals surface area contributed by atoms with Crippen LogP contribution in [0.2, 0.25) is 5.02 Å². The van der Waals surface area contributed by atoms with Gasteiger partial charge in [0.2, 0.25) is 5.91 Å². The Kier molecular flexibility index (Phi) is 7.17. The molecular formula is C19H19ClN2O4. The summed E-state index contributed by atoms with van der Waals surface area (Å²) in [5.74, 6) is -0.619. The first-order chi connectivity index (χ1) is 12.4. The Bertz CT molecular complexity index is 808. The third-order valence-electron chi connectivity index (χ3n) is 3.34. The van der Waals surface area contributed by atoms with Crippen LogP contribution in [-0.4, -0.2) is 30.9 Å². The van der Waals surface area contributed by atoms with Gasteiger partial charge in [0.15, 0.2) is 0 Å². The van der Waals surface area contributed by atoms with Gasteiger partial charge in [-0.2, -0.15) is 0 Å². The highest BCUT2D eigenvalue weighted by Crippen LogP contribution is 2.13. The van der Waals surface area contributed by atoms with Gasteiger partial charge >= 0.3 is 5.97 Å². The standard InChI is InChI=1S/C19H19ClN2O4/c1-13(23)26-17-7-3-5-15(12-17)19(25)22-9-8-21-18(24)11-14-4-2-6-16(20)10-14/h2-7,10,12H,8-9,11H2,1H3,(H,21,24)(H,22,25). The molecule has 0 fully saturated rings. The molecule has 0 aliphatic heterocycles. The molecule has 0 aliphatic rings. The quantitative estimate of drug-likeness (QED) is 0.442. The maximum Gasteiger partial charge on any atom is 0.308 e. The highest BCUT2D eigenvalue weighted by Gasteiger charge is 2.08. The van der Waals surface area contributed by atoms with Crippen LogP contribution in [0, 0.1) is 0 Å². The topological polar surface area (TPSA) is 84.5 Å². The summed E-state index contributed by atoms with van der Waals surface area (Å²) in [6.45, 7) is 1.87. The van der Waals surface area contributed by atoms with Crippen molar-refractivity contribution in [1.82, 2.24) is 10.6 Å². The maximum atomic E-state index is 12.1. The zero-order valence-corrected chi connectivity index (χ0v) is 15.0. The predicted octanol–water partition coefficient (Wildman–Crippen LogP) is 2.35. The van der Waals surface area contributed by atoms with E-state index in [-0.39, 0.29) is 24.8 Å². The average molecular weight is 375 g/mol. The van der Waals surface area contributed by atoms with E-state index in [9.17, 15) is 14.4 Å². The highest BCUT2D eigenvalue weighted by molar-refractivity contribution is 6.30. The van der Waals surface area contributed by atoms with E-state index in [1.165, 1.54) is 13.0 Å². The largest absolute Gasteiger partial charge is 0.427 e. The zero-order valence-electron chi connectivity index (χ0n) is 14.3. The molecule has 7 heteroatoms. The van der Waals surface area contributed by atoms with Crippen molar-refractivity contribution in [3.05, 3.63) is 64.7 Å². The first-order valence-corrected chi connectivity index (χ1v) is 8.39. The molecule has 2 rings (SSSR count). The van der Waals surface area contributed by atoms with Crippen molar-refractivity contribution in [1.29, 1.82) is 0 Å². The molecular weight excluding hydrogens is 356 g/mol. The number of hydrogen-bond donors (Lipinski definition) is 2. The van der Waals surface area contributed by atoms with Crippen LogP contribution in [0.1, 0.15) is 22.8 Å². The summed E-state index contributed by atoms with van der Waals surface area (Å²) >= 11 is 5.88. The van der Waals surface area contributed by atoms with Gasteiger partial charge in [0.25, 0.3) is 5.91 Å². The smallest absolute Gasteiger partial charge is 0.308 e. The minimum absolute atomic E-state index is 0.154. The zero-order chi connectivity index (χ0) is 18.9. The molecule has 2 aromatic rings. The molecule has 0 unspecified atom stereocenters. The number of carbonyl (C=O) groups is 3. The van der Waals surface area contributed by atoms with Gasteiger partial charge < -0.3 is 15.4 Å². The molecule has 2 aromatic carbocycles. The molecule has 0 heterocycles. The minimum Gasteiger partial charge on any atom is -0.427 e. The summed E-state index contributed by atoms with van der Waals surface area (Å²) in [4.78, 5) is 34.9. The molecule has 2 N–H and O–H groups in total. The second-order valence-electron chi connectivity index (χ2n) is 5.53. The van der Waals surface area contributed by atoms with Gasteiger partial charge in [-0.1, -0.05) is 29.8 Å². The summed E-state index contributed by atoms with van der Waals surface area (Å²) < 4.78 is 4.94. The highest BCUT2D eigenvalue weighted by atomic mass is 35.5. The Morgan fingerprint density at radius 1 is 1.00 bits per heavy atom. The number of rotatable bonds is 7. The van der Waals surface area contributed by atoms with E-state index >= 15 is 0 Å². The van der Waals surface area contributed by atoms with Crippen LogP contribution >= 0.6 is 11.6 Å². The Balaban J connectivity index is 1.74. The molecule has 0 spiro atoms. The van der Waals surface area contributed by atoms with Crippen LogP contribution < -0.4 is 15.4 Å². The first-order valence-electron chi connectivity index (χ1n) is 8.02. The van der Waals surface area contributed by atoms with E-state index < -0.39 is 5.97 Å².